The molecule has 0 fully saturated rings. The molecule has 1 amide bonds. The van der Waals surface area contributed by atoms with Crippen molar-refractivity contribution in [1.82, 2.24) is 9.97 Å². The SMILES string of the molecule is Cc1cnc(C(=O)N(Cc2ccco2)c2ccccc2)cn1. The maximum absolute atomic E-state index is 12.8. The Morgan fingerprint density at radius 3 is 2.55 bits per heavy atom. The zero-order valence-electron chi connectivity index (χ0n) is 12.1. The van der Waals surface area contributed by atoms with Crippen molar-refractivity contribution in [3.8, 4) is 0 Å². The van der Waals surface area contributed by atoms with E-state index in [2.05, 4.69) is 9.97 Å². The highest BCUT2D eigenvalue weighted by Gasteiger charge is 2.20. The monoisotopic (exact) mass is 293 g/mol. The summed E-state index contributed by atoms with van der Waals surface area (Å²) in [6.45, 7) is 2.17. The fraction of sp³-hybridized carbons (Fsp3) is 0.118. The Morgan fingerprint density at radius 1 is 1.09 bits per heavy atom. The minimum absolute atomic E-state index is 0.213. The number of hydrogen-bond acceptors (Lipinski definition) is 4. The van der Waals surface area contributed by atoms with Crippen LogP contribution in [-0.4, -0.2) is 15.9 Å². The number of benzene rings is 1. The van der Waals surface area contributed by atoms with Gasteiger partial charge in [-0.2, -0.15) is 0 Å². The standard InChI is InChI=1S/C17H15N3O2/c1-13-10-19-16(11-18-13)17(21)20(12-15-8-5-9-22-15)14-6-3-2-4-7-14/h2-11H,12H2,1H3. The highest BCUT2D eigenvalue weighted by Crippen LogP contribution is 2.19. The average molecular weight is 293 g/mol. The van der Waals surface area contributed by atoms with E-state index in [1.165, 1.54) is 6.20 Å². The Balaban J connectivity index is 1.94. The predicted molar refractivity (Wildman–Crippen MR) is 82.4 cm³/mol. The largest absolute Gasteiger partial charge is 0.467 e. The van der Waals surface area contributed by atoms with Gasteiger partial charge in [-0.15, -0.1) is 0 Å². The summed E-state index contributed by atoms with van der Waals surface area (Å²) >= 11 is 0. The highest BCUT2D eigenvalue weighted by atomic mass is 16.3. The van der Waals surface area contributed by atoms with Crippen molar-refractivity contribution in [2.24, 2.45) is 0 Å². The van der Waals surface area contributed by atoms with E-state index in [9.17, 15) is 4.79 Å². The van der Waals surface area contributed by atoms with E-state index in [-0.39, 0.29) is 5.91 Å². The predicted octanol–water partition coefficient (Wildman–Crippen LogP) is 3.23. The van der Waals surface area contributed by atoms with Crippen molar-refractivity contribution < 1.29 is 9.21 Å². The summed E-state index contributed by atoms with van der Waals surface area (Å²) in [6, 6.07) is 13.1. The minimum Gasteiger partial charge on any atom is -0.467 e. The summed E-state index contributed by atoms with van der Waals surface area (Å²) in [5.41, 5.74) is 1.86. The van der Waals surface area contributed by atoms with Gasteiger partial charge in [-0.1, -0.05) is 18.2 Å². The van der Waals surface area contributed by atoms with Crippen molar-refractivity contribution >= 4 is 11.6 Å². The van der Waals surface area contributed by atoms with Gasteiger partial charge >= 0.3 is 0 Å². The van der Waals surface area contributed by atoms with Gasteiger partial charge in [0.15, 0.2) is 0 Å². The van der Waals surface area contributed by atoms with Crippen LogP contribution in [0.1, 0.15) is 21.9 Å². The maximum Gasteiger partial charge on any atom is 0.278 e. The first-order valence-corrected chi connectivity index (χ1v) is 6.92. The number of anilines is 1. The fourth-order valence-corrected chi connectivity index (χ4v) is 2.09. The van der Waals surface area contributed by atoms with Gasteiger partial charge in [-0.25, -0.2) is 4.98 Å². The number of rotatable bonds is 4. The lowest BCUT2D eigenvalue weighted by atomic mass is 10.2. The first kappa shape index (κ1) is 14.0. The summed E-state index contributed by atoms with van der Waals surface area (Å²) in [7, 11) is 0. The number of aromatic nitrogens is 2. The van der Waals surface area contributed by atoms with Crippen molar-refractivity contribution in [3.63, 3.8) is 0 Å². The molecule has 5 nitrogen and oxygen atoms in total. The topological polar surface area (TPSA) is 59.2 Å². The molecule has 0 atom stereocenters. The van der Waals surface area contributed by atoms with Crippen LogP contribution in [0.3, 0.4) is 0 Å². The van der Waals surface area contributed by atoms with Gasteiger partial charge in [0, 0.05) is 11.9 Å². The quantitative estimate of drug-likeness (QED) is 0.741. The molecule has 22 heavy (non-hydrogen) atoms. The van der Waals surface area contributed by atoms with Gasteiger partial charge in [0.25, 0.3) is 5.91 Å². The normalized spacial score (nSPS) is 10.4. The van der Waals surface area contributed by atoms with E-state index in [0.717, 1.165) is 11.4 Å². The Labute approximate surface area is 128 Å². The number of furan rings is 1. The molecule has 0 radical (unpaired) electrons. The second-order valence-electron chi connectivity index (χ2n) is 4.85. The van der Waals surface area contributed by atoms with Crippen LogP contribution in [0, 0.1) is 6.92 Å². The van der Waals surface area contributed by atoms with Crippen LogP contribution in [0.5, 0.6) is 0 Å². The first-order valence-electron chi connectivity index (χ1n) is 6.92. The zero-order chi connectivity index (χ0) is 15.4. The molecule has 0 aliphatic carbocycles. The molecule has 0 unspecified atom stereocenters. The summed E-state index contributed by atoms with van der Waals surface area (Å²) in [4.78, 5) is 22.7. The second-order valence-corrected chi connectivity index (χ2v) is 4.85. The Morgan fingerprint density at radius 2 is 1.91 bits per heavy atom. The third kappa shape index (κ3) is 3.03. The second kappa shape index (κ2) is 6.22. The molecular weight excluding hydrogens is 278 g/mol. The molecule has 3 aromatic rings. The molecule has 2 aromatic heterocycles. The molecule has 0 saturated heterocycles. The number of amides is 1. The molecular formula is C17H15N3O2. The molecule has 0 spiro atoms. The third-order valence-corrected chi connectivity index (χ3v) is 3.21. The van der Waals surface area contributed by atoms with Crippen molar-refractivity contribution in [3.05, 3.63) is 78.3 Å². The van der Waals surface area contributed by atoms with E-state index in [1.54, 1.807) is 23.4 Å². The Kier molecular flexibility index (Phi) is 3.96. The van der Waals surface area contributed by atoms with Gasteiger partial charge in [0.1, 0.15) is 11.5 Å². The van der Waals surface area contributed by atoms with Crippen molar-refractivity contribution in [2.75, 3.05) is 4.90 Å². The number of aryl methyl sites for hydroxylation is 1. The van der Waals surface area contributed by atoms with Crippen LogP contribution < -0.4 is 4.90 Å². The van der Waals surface area contributed by atoms with Crippen LogP contribution in [0.4, 0.5) is 5.69 Å². The molecule has 0 bridgehead atoms. The summed E-state index contributed by atoms with van der Waals surface area (Å²) in [5.74, 6) is 0.493. The molecule has 3 rings (SSSR count). The summed E-state index contributed by atoms with van der Waals surface area (Å²) < 4.78 is 5.36. The highest BCUT2D eigenvalue weighted by molar-refractivity contribution is 6.04. The number of carbonyl (C=O) groups is 1. The smallest absolute Gasteiger partial charge is 0.278 e. The van der Waals surface area contributed by atoms with E-state index in [4.69, 9.17) is 4.42 Å². The maximum atomic E-state index is 12.8. The number of nitrogens with zero attached hydrogens (tertiary/aromatic N) is 3. The van der Waals surface area contributed by atoms with Gasteiger partial charge < -0.3 is 4.42 Å². The van der Waals surface area contributed by atoms with E-state index in [1.807, 2.05) is 43.3 Å². The van der Waals surface area contributed by atoms with Crippen molar-refractivity contribution in [2.45, 2.75) is 13.5 Å². The van der Waals surface area contributed by atoms with Crippen LogP contribution in [0.2, 0.25) is 0 Å². The van der Waals surface area contributed by atoms with Gasteiger partial charge in [0.05, 0.1) is 24.7 Å². The lowest BCUT2D eigenvalue weighted by molar-refractivity contribution is 0.0978. The Hall–Kier alpha value is -2.95. The fourth-order valence-electron chi connectivity index (χ4n) is 2.09. The lowest BCUT2D eigenvalue weighted by Gasteiger charge is -2.21. The summed E-state index contributed by atoms with van der Waals surface area (Å²) in [5, 5.41) is 0. The van der Waals surface area contributed by atoms with Gasteiger partial charge in [0.2, 0.25) is 0 Å². The average Bonchev–Trinajstić information content (AvgIpc) is 3.07. The molecule has 2 heterocycles. The van der Waals surface area contributed by atoms with Gasteiger partial charge in [-0.3, -0.25) is 14.7 Å². The van der Waals surface area contributed by atoms with Crippen LogP contribution in [0.25, 0.3) is 0 Å². The first-order chi connectivity index (χ1) is 10.7. The summed E-state index contributed by atoms with van der Waals surface area (Å²) in [6.07, 6.45) is 4.67. The molecule has 0 N–H and O–H groups in total. The number of hydrogen-bond donors (Lipinski definition) is 0. The Bertz CT molecular complexity index is 737. The molecule has 110 valence electrons. The third-order valence-electron chi connectivity index (χ3n) is 3.21. The van der Waals surface area contributed by atoms with Crippen LogP contribution in [0.15, 0.2) is 65.5 Å². The number of carbonyl (C=O) groups excluding carboxylic acids is 1. The van der Waals surface area contributed by atoms with E-state index in [0.29, 0.717) is 18.0 Å². The van der Waals surface area contributed by atoms with E-state index < -0.39 is 0 Å². The van der Waals surface area contributed by atoms with Crippen LogP contribution >= 0.6 is 0 Å². The zero-order valence-corrected chi connectivity index (χ0v) is 12.1. The lowest BCUT2D eigenvalue weighted by Crippen LogP contribution is -2.31. The van der Waals surface area contributed by atoms with Crippen molar-refractivity contribution in [1.29, 1.82) is 0 Å². The molecule has 0 aliphatic rings. The van der Waals surface area contributed by atoms with E-state index >= 15 is 0 Å². The minimum atomic E-state index is -0.213. The molecule has 1 aromatic carbocycles. The van der Waals surface area contributed by atoms with Gasteiger partial charge in [-0.05, 0) is 31.2 Å². The molecule has 5 heteroatoms. The van der Waals surface area contributed by atoms with Crippen LogP contribution in [-0.2, 0) is 6.54 Å². The molecule has 0 aliphatic heterocycles. The molecule has 0 saturated carbocycles. The number of para-hydroxylation sites is 1.